The van der Waals surface area contributed by atoms with Crippen molar-refractivity contribution in [3.8, 4) is 11.3 Å². The van der Waals surface area contributed by atoms with Crippen LogP contribution in [0.5, 0.6) is 0 Å². The molecular weight excluding hydrogens is 300 g/mol. The third kappa shape index (κ3) is 3.26. The van der Waals surface area contributed by atoms with Crippen molar-refractivity contribution in [2.45, 2.75) is 32.2 Å². The van der Waals surface area contributed by atoms with Crippen molar-refractivity contribution in [2.75, 3.05) is 13.1 Å². The number of hydrogen-bond donors (Lipinski definition) is 1. The second-order valence-corrected chi connectivity index (χ2v) is 6.53. The monoisotopic (exact) mass is 322 g/mol. The van der Waals surface area contributed by atoms with Gasteiger partial charge in [0.2, 0.25) is 0 Å². The molecule has 5 nitrogen and oxygen atoms in total. The minimum absolute atomic E-state index is 0.522. The summed E-state index contributed by atoms with van der Waals surface area (Å²) in [4.78, 5) is 6.81. The van der Waals surface area contributed by atoms with E-state index in [1.165, 1.54) is 5.56 Å². The Balaban J connectivity index is 1.34. The van der Waals surface area contributed by atoms with Crippen LogP contribution in [0.25, 0.3) is 11.3 Å². The summed E-state index contributed by atoms with van der Waals surface area (Å²) in [6, 6.07) is 12.7. The van der Waals surface area contributed by atoms with E-state index in [2.05, 4.69) is 44.3 Å². The van der Waals surface area contributed by atoms with Gasteiger partial charge in [0.25, 0.3) is 0 Å². The number of H-pyrrole nitrogens is 1. The molecule has 24 heavy (non-hydrogen) atoms. The van der Waals surface area contributed by atoms with Crippen LogP contribution in [0.15, 0.2) is 47.1 Å². The number of piperidine rings is 1. The number of aryl methyl sites for hydroxylation is 1. The number of likely N-dealkylation sites (tertiary alicyclic amines) is 1. The maximum Gasteiger partial charge on any atom is 0.137 e. The van der Waals surface area contributed by atoms with Gasteiger partial charge >= 0.3 is 0 Å². The van der Waals surface area contributed by atoms with Crippen molar-refractivity contribution in [3.05, 3.63) is 59.9 Å². The first-order valence-electron chi connectivity index (χ1n) is 8.51. The van der Waals surface area contributed by atoms with Crippen LogP contribution >= 0.6 is 0 Å². The van der Waals surface area contributed by atoms with Crippen molar-refractivity contribution in [1.82, 2.24) is 20.1 Å². The number of nitrogens with zero attached hydrogens (tertiary/aromatic N) is 3. The van der Waals surface area contributed by atoms with E-state index >= 15 is 0 Å². The minimum Gasteiger partial charge on any atom is -0.461 e. The predicted octanol–water partition coefficient (Wildman–Crippen LogP) is 3.75. The molecule has 4 rings (SSSR count). The van der Waals surface area contributed by atoms with Crippen LogP contribution < -0.4 is 0 Å². The van der Waals surface area contributed by atoms with E-state index in [1.807, 2.05) is 19.1 Å². The second-order valence-electron chi connectivity index (χ2n) is 6.53. The summed E-state index contributed by atoms with van der Waals surface area (Å²) in [5, 5.41) is 6.97. The smallest absolute Gasteiger partial charge is 0.137 e. The highest BCUT2D eigenvalue weighted by atomic mass is 16.3. The largest absolute Gasteiger partial charge is 0.461 e. The first-order valence-corrected chi connectivity index (χ1v) is 8.51. The normalized spacial score (nSPS) is 16.5. The molecule has 1 aromatic carbocycles. The third-order valence-electron chi connectivity index (χ3n) is 4.79. The average molecular weight is 322 g/mol. The predicted molar refractivity (Wildman–Crippen MR) is 92.5 cm³/mol. The fraction of sp³-hybridized carbons (Fsp3) is 0.368. The number of benzene rings is 1. The topological polar surface area (TPSA) is 58.0 Å². The lowest BCUT2D eigenvalue weighted by atomic mass is 9.96. The van der Waals surface area contributed by atoms with Crippen molar-refractivity contribution >= 4 is 0 Å². The highest BCUT2D eigenvalue weighted by molar-refractivity contribution is 5.57. The van der Waals surface area contributed by atoms with Crippen molar-refractivity contribution in [1.29, 1.82) is 0 Å². The van der Waals surface area contributed by atoms with Gasteiger partial charge in [-0.3, -0.25) is 10.00 Å². The molecule has 0 atom stereocenters. The van der Waals surface area contributed by atoms with Gasteiger partial charge < -0.3 is 4.42 Å². The van der Waals surface area contributed by atoms with E-state index in [0.29, 0.717) is 5.92 Å². The number of furan rings is 1. The molecule has 3 aromatic rings. The maximum absolute atomic E-state index is 5.68. The number of aromatic amines is 1. The molecule has 0 radical (unpaired) electrons. The van der Waals surface area contributed by atoms with E-state index in [0.717, 1.165) is 55.4 Å². The molecule has 0 bridgehead atoms. The van der Waals surface area contributed by atoms with Gasteiger partial charge in [0.05, 0.1) is 0 Å². The van der Waals surface area contributed by atoms with E-state index < -0.39 is 0 Å². The molecule has 1 N–H and O–H groups in total. The maximum atomic E-state index is 5.68. The Morgan fingerprint density at radius 3 is 2.54 bits per heavy atom. The molecule has 5 heteroatoms. The number of rotatable bonds is 4. The quantitative estimate of drug-likeness (QED) is 0.795. The van der Waals surface area contributed by atoms with Crippen LogP contribution in [0.2, 0.25) is 0 Å². The Morgan fingerprint density at radius 1 is 1.12 bits per heavy atom. The average Bonchev–Trinajstić information content (AvgIpc) is 3.28. The molecule has 3 heterocycles. The van der Waals surface area contributed by atoms with Crippen LogP contribution in [0.4, 0.5) is 0 Å². The summed E-state index contributed by atoms with van der Waals surface area (Å²) in [6.07, 6.45) is 3.88. The summed E-state index contributed by atoms with van der Waals surface area (Å²) >= 11 is 0. The minimum atomic E-state index is 0.522. The van der Waals surface area contributed by atoms with Crippen LogP contribution in [-0.2, 0) is 6.54 Å². The van der Waals surface area contributed by atoms with Crippen LogP contribution in [0.1, 0.15) is 35.9 Å². The molecule has 2 aromatic heterocycles. The van der Waals surface area contributed by atoms with Gasteiger partial charge in [-0.15, -0.1) is 0 Å². The van der Waals surface area contributed by atoms with Gasteiger partial charge in [0, 0.05) is 18.0 Å². The van der Waals surface area contributed by atoms with Crippen molar-refractivity contribution in [2.24, 2.45) is 0 Å². The van der Waals surface area contributed by atoms with Crippen LogP contribution in [-0.4, -0.2) is 33.2 Å². The zero-order valence-corrected chi connectivity index (χ0v) is 13.9. The van der Waals surface area contributed by atoms with Gasteiger partial charge in [-0.25, -0.2) is 4.98 Å². The van der Waals surface area contributed by atoms with Gasteiger partial charge in [-0.1, -0.05) is 24.3 Å². The lowest BCUT2D eigenvalue weighted by Gasteiger charge is -2.30. The molecule has 1 fully saturated rings. The lowest BCUT2D eigenvalue weighted by molar-refractivity contribution is 0.202. The SMILES string of the molecule is Cc1ccc(-c2ccc(CN3CCC(c4ncn[nH]4)CC3)cc2)o1. The lowest BCUT2D eigenvalue weighted by Crippen LogP contribution is -2.32. The molecule has 124 valence electrons. The van der Waals surface area contributed by atoms with Gasteiger partial charge in [-0.05, 0) is 50.6 Å². The van der Waals surface area contributed by atoms with Crippen molar-refractivity contribution < 1.29 is 4.42 Å². The summed E-state index contributed by atoms with van der Waals surface area (Å²) in [5.41, 5.74) is 2.48. The molecule has 0 unspecified atom stereocenters. The van der Waals surface area contributed by atoms with E-state index in [-0.39, 0.29) is 0 Å². The Labute approximate surface area is 141 Å². The zero-order chi connectivity index (χ0) is 16.4. The summed E-state index contributed by atoms with van der Waals surface area (Å²) in [5.74, 6) is 3.44. The van der Waals surface area contributed by atoms with Crippen LogP contribution in [0, 0.1) is 6.92 Å². The van der Waals surface area contributed by atoms with Gasteiger partial charge in [0.15, 0.2) is 0 Å². The summed E-state index contributed by atoms with van der Waals surface area (Å²) < 4.78 is 5.68. The number of hydrogen-bond acceptors (Lipinski definition) is 4. The molecule has 0 amide bonds. The van der Waals surface area contributed by atoms with Crippen molar-refractivity contribution in [3.63, 3.8) is 0 Å². The molecule has 0 spiro atoms. The highest BCUT2D eigenvalue weighted by Gasteiger charge is 2.22. The Kier molecular flexibility index (Phi) is 4.17. The number of aromatic nitrogens is 3. The fourth-order valence-electron chi connectivity index (χ4n) is 3.40. The third-order valence-corrected chi connectivity index (χ3v) is 4.79. The Bertz CT molecular complexity index is 768. The standard InChI is InChI=1S/C19H22N4O/c1-14-2-7-18(24-14)16-5-3-15(4-6-16)12-23-10-8-17(9-11-23)19-20-13-21-22-19/h2-7,13,17H,8-12H2,1H3,(H,20,21,22). The fourth-order valence-corrected chi connectivity index (χ4v) is 3.40. The summed E-state index contributed by atoms with van der Waals surface area (Å²) in [7, 11) is 0. The van der Waals surface area contributed by atoms with Gasteiger partial charge in [0.1, 0.15) is 23.7 Å². The Hall–Kier alpha value is -2.40. The second kappa shape index (κ2) is 6.61. The van der Waals surface area contributed by atoms with Gasteiger partial charge in [-0.2, -0.15) is 5.10 Å². The molecule has 0 saturated carbocycles. The molecular formula is C19H22N4O. The molecule has 1 saturated heterocycles. The summed E-state index contributed by atoms with van der Waals surface area (Å²) in [6.45, 7) is 5.18. The Morgan fingerprint density at radius 2 is 1.92 bits per heavy atom. The van der Waals surface area contributed by atoms with E-state index in [1.54, 1.807) is 6.33 Å². The first kappa shape index (κ1) is 15.1. The van der Waals surface area contributed by atoms with E-state index in [9.17, 15) is 0 Å². The molecule has 1 aliphatic rings. The zero-order valence-electron chi connectivity index (χ0n) is 13.9. The first-order chi connectivity index (χ1) is 11.8. The van der Waals surface area contributed by atoms with E-state index in [4.69, 9.17) is 4.42 Å². The highest BCUT2D eigenvalue weighted by Crippen LogP contribution is 2.27. The van der Waals surface area contributed by atoms with Crippen LogP contribution in [0.3, 0.4) is 0 Å². The molecule has 1 aliphatic heterocycles. The molecule has 0 aliphatic carbocycles. The number of nitrogens with one attached hydrogen (secondary N) is 1.